The number of carboxylic acids is 1. The average Bonchev–Trinajstić information content (AvgIpc) is 2.39. The van der Waals surface area contributed by atoms with E-state index < -0.39 is 18.1 Å². The summed E-state index contributed by atoms with van der Waals surface area (Å²) < 4.78 is 10.4. The summed E-state index contributed by atoms with van der Waals surface area (Å²) in [5, 5.41) is 8.82. The van der Waals surface area contributed by atoms with Gasteiger partial charge < -0.3 is 14.6 Å². The first-order valence-corrected chi connectivity index (χ1v) is 6.00. The van der Waals surface area contributed by atoms with Crippen LogP contribution in [0, 0.1) is 0 Å². The molecular weight excluding hydrogens is 250 g/mol. The zero-order valence-corrected chi connectivity index (χ0v) is 10.3. The number of para-hydroxylation sites is 1. The summed E-state index contributed by atoms with van der Waals surface area (Å²) in [4.78, 5) is 24.2. The summed E-state index contributed by atoms with van der Waals surface area (Å²) in [6.07, 6.45) is -0.690. The number of carbonyl (C=O) groups excluding carboxylic acids is 1. The molecule has 102 valence electrons. The fourth-order valence-electron chi connectivity index (χ4n) is 1.91. The van der Waals surface area contributed by atoms with Crippen molar-refractivity contribution in [2.24, 2.45) is 0 Å². The molecule has 19 heavy (non-hydrogen) atoms. The molecule has 0 aromatic heterocycles. The van der Waals surface area contributed by atoms with Gasteiger partial charge in [0.2, 0.25) is 0 Å². The number of nitrogens with zero attached hydrogens (tertiary/aromatic N) is 1. The van der Waals surface area contributed by atoms with E-state index in [0.29, 0.717) is 18.9 Å². The number of morpholine rings is 1. The number of hydrogen-bond donors (Lipinski definition) is 1. The second kappa shape index (κ2) is 6.19. The van der Waals surface area contributed by atoms with Gasteiger partial charge in [-0.15, -0.1) is 0 Å². The number of benzene rings is 1. The molecule has 0 saturated carbocycles. The number of rotatable bonds is 3. The zero-order chi connectivity index (χ0) is 13.7. The van der Waals surface area contributed by atoms with Gasteiger partial charge in [-0.3, -0.25) is 9.69 Å². The Morgan fingerprint density at radius 2 is 2.11 bits per heavy atom. The fraction of sp³-hybridized carbons (Fsp3) is 0.385. The number of aliphatic carboxylic acids is 1. The second-order valence-corrected chi connectivity index (χ2v) is 4.20. The van der Waals surface area contributed by atoms with E-state index in [-0.39, 0.29) is 13.0 Å². The van der Waals surface area contributed by atoms with Crippen molar-refractivity contribution in [1.82, 2.24) is 4.90 Å². The van der Waals surface area contributed by atoms with Crippen LogP contribution in [-0.2, 0) is 9.53 Å². The third-order valence-corrected chi connectivity index (χ3v) is 2.82. The van der Waals surface area contributed by atoms with Gasteiger partial charge in [0, 0.05) is 6.54 Å². The van der Waals surface area contributed by atoms with E-state index in [2.05, 4.69) is 0 Å². The lowest BCUT2D eigenvalue weighted by Crippen LogP contribution is -2.50. The standard InChI is InChI=1S/C13H15NO5/c15-12(16)8-10-9-18-7-6-14(10)13(17)19-11-4-2-1-3-5-11/h1-5,10H,6-9H2,(H,15,16). The van der Waals surface area contributed by atoms with Gasteiger partial charge in [0.1, 0.15) is 5.75 Å². The number of carbonyl (C=O) groups is 2. The highest BCUT2D eigenvalue weighted by Crippen LogP contribution is 2.15. The average molecular weight is 265 g/mol. The lowest BCUT2D eigenvalue weighted by atomic mass is 10.2. The van der Waals surface area contributed by atoms with Crippen LogP contribution in [0.4, 0.5) is 4.79 Å². The lowest BCUT2D eigenvalue weighted by Gasteiger charge is -2.33. The lowest BCUT2D eigenvalue weighted by molar-refractivity contribution is -0.139. The molecule has 1 saturated heterocycles. The molecule has 1 N–H and O–H groups in total. The summed E-state index contributed by atoms with van der Waals surface area (Å²) in [6, 6.07) is 8.20. The second-order valence-electron chi connectivity index (χ2n) is 4.20. The number of hydrogen-bond acceptors (Lipinski definition) is 4. The molecule has 1 aromatic rings. The summed E-state index contributed by atoms with van der Waals surface area (Å²) >= 11 is 0. The number of carboxylic acid groups (broad SMARTS) is 1. The summed E-state index contributed by atoms with van der Waals surface area (Å²) in [7, 11) is 0. The third kappa shape index (κ3) is 3.69. The van der Waals surface area contributed by atoms with Gasteiger partial charge in [-0.05, 0) is 12.1 Å². The van der Waals surface area contributed by atoms with E-state index in [1.807, 2.05) is 6.07 Å². The van der Waals surface area contributed by atoms with E-state index in [0.717, 1.165) is 0 Å². The highest BCUT2D eigenvalue weighted by Gasteiger charge is 2.30. The minimum atomic E-state index is -0.965. The maximum Gasteiger partial charge on any atom is 0.415 e. The van der Waals surface area contributed by atoms with Crippen LogP contribution in [0.5, 0.6) is 5.75 Å². The van der Waals surface area contributed by atoms with Crippen molar-refractivity contribution in [3.63, 3.8) is 0 Å². The van der Waals surface area contributed by atoms with E-state index in [9.17, 15) is 9.59 Å². The minimum absolute atomic E-state index is 0.149. The normalized spacial score (nSPS) is 18.9. The first kappa shape index (κ1) is 13.4. The molecule has 6 nitrogen and oxygen atoms in total. The Hall–Kier alpha value is -2.08. The van der Waals surface area contributed by atoms with Crippen molar-refractivity contribution in [3.05, 3.63) is 30.3 Å². The first-order chi connectivity index (χ1) is 9.16. The smallest absolute Gasteiger partial charge is 0.415 e. The molecule has 0 aliphatic carbocycles. The van der Waals surface area contributed by atoms with Crippen LogP contribution in [0.15, 0.2) is 30.3 Å². The Balaban J connectivity index is 2.01. The monoisotopic (exact) mass is 265 g/mol. The third-order valence-electron chi connectivity index (χ3n) is 2.82. The summed E-state index contributed by atoms with van der Waals surface area (Å²) in [5.41, 5.74) is 0. The topological polar surface area (TPSA) is 76.1 Å². The van der Waals surface area contributed by atoms with Crippen LogP contribution in [-0.4, -0.2) is 47.9 Å². The Morgan fingerprint density at radius 3 is 2.79 bits per heavy atom. The molecular formula is C13H15NO5. The van der Waals surface area contributed by atoms with Gasteiger partial charge >= 0.3 is 12.1 Å². The number of amides is 1. The molecule has 1 atom stereocenters. The maximum atomic E-state index is 12.0. The van der Waals surface area contributed by atoms with Gasteiger partial charge in [-0.25, -0.2) is 4.79 Å². The SMILES string of the molecule is O=C(O)CC1COCCN1C(=O)Oc1ccccc1. The van der Waals surface area contributed by atoms with E-state index in [1.54, 1.807) is 24.3 Å². The van der Waals surface area contributed by atoms with Crippen LogP contribution >= 0.6 is 0 Å². The van der Waals surface area contributed by atoms with Crippen LogP contribution in [0.25, 0.3) is 0 Å². The van der Waals surface area contributed by atoms with Gasteiger partial charge in [0.05, 0.1) is 25.7 Å². The molecule has 1 unspecified atom stereocenters. The first-order valence-electron chi connectivity index (χ1n) is 6.00. The molecule has 1 aliphatic heterocycles. The number of ether oxygens (including phenoxy) is 2. The minimum Gasteiger partial charge on any atom is -0.481 e. The Kier molecular flexibility index (Phi) is 4.35. The molecule has 1 amide bonds. The van der Waals surface area contributed by atoms with Crippen LogP contribution in [0.3, 0.4) is 0 Å². The fourth-order valence-corrected chi connectivity index (χ4v) is 1.91. The molecule has 0 radical (unpaired) electrons. The Labute approximate surface area is 110 Å². The van der Waals surface area contributed by atoms with Gasteiger partial charge in [0.25, 0.3) is 0 Å². The highest BCUT2D eigenvalue weighted by molar-refractivity contribution is 5.73. The molecule has 2 rings (SSSR count). The van der Waals surface area contributed by atoms with Crippen molar-refractivity contribution >= 4 is 12.1 Å². The predicted molar refractivity (Wildman–Crippen MR) is 66.0 cm³/mol. The highest BCUT2D eigenvalue weighted by atomic mass is 16.6. The van der Waals surface area contributed by atoms with Crippen molar-refractivity contribution in [1.29, 1.82) is 0 Å². The predicted octanol–water partition coefficient (Wildman–Crippen LogP) is 1.36. The zero-order valence-electron chi connectivity index (χ0n) is 10.3. The van der Waals surface area contributed by atoms with Crippen molar-refractivity contribution in [3.8, 4) is 5.75 Å². The Bertz CT molecular complexity index is 448. The largest absolute Gasteiger partial charge is 0.481 e. The quantitative estimate of drug-likeness (QED) is 0.893. The van der Waals surface area contributed by atoms with Crippen LogP contribution in [0.1, 0.15) is 6.42 Å². The Morgan fingerprint density at radius 1 is 1.37 bits per heavy atom. The molecule has 1 fully saturated rings. The molecule has 6 heteroatoms. The van der Waals surface area contributed by atoms with Gasteiger partial charge in [-0.2, -0.15) is 0 Å². The van der Waals surface area contributed by atoms with Crippen LogP contribution < -0.4 is 4.74 Å². The molecule has 1 heterocycles. The van der Waals surface area contributed by atoms with E-state index in [4.69, 9.17) is 14.6 Å². The molecule has 1 aromatic carbocycles. The summed E-state index contributed by atoms with van der Waals surface area (Å²) in [5.74, 6) is -0.527. The van der Waals surface area contributed by atoms with Crippen molar-refractivity contribution < 1.29 is 24.2 Å². The van der Waals surface area contributed by atoms with E-state index in [1.165, 1.54) is 4.90 Å². The van der Waals surface area contributed by atoms with Gasteiger partial charge in [-0.1, -0.05) is 18.2 Å². The van der Waals surface area contributed by atoms with Gasteiger partial charge in [0.15, 0.2) is 0 Å². The summed E-state index contributed by atoms with van der Waals surface area (Å²) in [6.45, 7) is 0.944. The molecule has 0 bridgehead atoms. The van der Waals surface area contributed by atoms with Crippen molar-refractivity contribution in [2.75, 3.05) is 19.8 Å². The maximum absolute atomic E-state index is 12.0. The molecule has 1 aliphatic rings. The van der Waals surface area contributed by atoms with Crippen molar-refractivity contribution in [2.45, 2.75) is 12.5 Å². The van der Waals surface area contributed by atoms with E-state index >= 15 is 0 Å². The van der Waals surface area contributed by atoms with Crippen LogP contribution in [0.2, 0.25) is 0 Å². The molecule has 0 spiro atoms.